The molecule has 0 radical (unpaired) electrons. The molecule has 4 heteroatoms. The number of benzene rings is 1. The third kappa shape index (κ3) is 4.82. The Balaban J connectivity index is 1.67. The second-order valence-corrected chi connectivity index (χ2v) is 7.39. The first-order chi connectivity index (χ1) is 9.44. The first-order valence-corrected chi connectivity index (χ1v) is 8.11. The standard InChI is InChI=1S/C16H22FNOS/c1-16(2)9-7-13(11-16)18-15(19)8-10-20-14-5-3-12(17)4-6-14/h3-6,13H,7-11H2,1-2H3,(H,18,19). The zero-order valence-electron chi connectivity index (χ0n) is 12.1. The molecule has 1 fully saturated rings. The maximum Gasteiger partial charge on any atom is 0.221 e. The molecule has 2 rings (SSSR count). The number of hydrogen-bond donors (Lipinski definition) is 1. The highest BCUT2D eigenvalue weighted by Gasteiger charge is 2.31. The van der Waals surface area contributed by atoms with Crippen molar-refractivity contribution in [2.24, 2.45) is 5.41 Å². The molecular formula is C16H22FNOS. The summed E-state index contributed by atoms with van der Waals surface area (Å²) >= 11 is 1.59. The van der Waals surface area contributed by atoms with Crippen LogP contribution in [0.5, 0.6) is 0 Å². The summed E-state index contributed by atoms with van der Waals surface area (Å²) in [5, 5.41) is 3.12. The summed E-state index contributed by atoms with van der Waals surface area (Å²) in [6.07, 6.45) is 3.86. The maximum absolute atomic E-state index is 12.8. The van der Waals surface area contributed by atoms with E-state index in [0.717, 1.165) is 23.5 Å². The Hall–Kier alpha value is -1.03. The van der Waals surface area contributed by atoms with Crippen LogP contribution in [0.3, 0.4) is 0 Å². The lowest BCUT2D eigenvalue weighted by atomic mass is 9.92. The molecule has 1 atom stereocenters. The summed E-state index contributed by atoms with van der Waals surface area (Å²) in [7, 11) is 0. The largest absolute Gasteiger partial charge is 0.353 e. The van der Waals surface area contributed by atoms with Crippen molar-refractivity contribution in [2.45, 2.75) is 50.5 Å². The molecule has 1 aliphatic carbocycles. The Morgan fingerprint density at radius 3 is 2.70 bits per heavy atom. The van der Waals surface area contributed by atoms with Crippen molar-refractivity contribution in [3.63, 3.8) is 0 Å². The van der Waals surface area contributed by atoms with Crippen LogP contribution in [0.4, 0.5) is 4.39 Å². The van der Waals surface area contributed by atoms with Gasteiger partial charge in [0.05, 0.1) is 0 Å². The van der Waals surface area contributed by atoms with Gasteiger partial charge in [-0.3, -0.25) is 4.79 Å². The van der Waals surface area contributed by atoms with Crippen LogP contribution in [0.25, 0.3) is 0 Å². The minimum Gasteiger partial charge on any atom is -0.353 e. The zero-order chi connectivity index (χ0) is 14.6. The van der Waals surface area contributed by atoms with E-state index in [2.05, 4.69) is 19.2 Å². The second-order valence-electron chi connectivity index (χ2n) is 6.22. The monoisotopic (exact) mass is 295 g/mol. The molecule has 1 N–H and O–H groups in total. The smallest absolute Gasteiger partial charge is 0.221 e. The highest BCUT2D eigenvalue weighted by molar-refractivity contribution is 7.99. The molecule has 110 valence electrons. The van der Waals surface area contributed by atoms with Gasteiger partial charge in [0.25, 0.3) is 0 Å². The van der Waals surface area contributed by atoms with Crippen LogP contribution >= 0.6 is 11.8 Å². The first-order valence-electron chi connectivity index (χ1n) is 7.12. The third-order valence-electron chi connectivity index (χ3n) is 3.75. The number of rotatable bonds is 5. The van der Waals surface area contributed by atoms with E-state index in [0.29, 0.717) is 17.9 Å². The van der Waals surface area contributed by atoms with Gasteiger partial charge in [0, 0.05) is 23.1 Å². The topological polar surface area (TPSA) is 29.1 Å². The zero-order valence-corrected chi connectivity index (χ0v) is 12.9. The van der Waals surface area contributed by atoms with Crippen molar-refractivity contribution in [2.75, 3.05) is 5.75 Å². The third-order valence-corrected chi connectivity index (χ3v) is 4.76. The molecular weight excluding hydrogens is 273 g/mol. The summed E-state index contributed by atoms with van der Waals surface area (Å²) in [6, 6.07) is 6.73. The molecule has 1 amide bonds. The lowest BCUT2D eigenvalue weighted by Crippen LogP contribution is -2.33. The Morgan fingerprint density at radius 1 is 1.40 bits per heavy atom. The number of nitrogens with one attached hydrogen (secondary N) is 1. The molecule has 20 heavy (non-hydrogen) atoms. The Bertz CT molecular complexity index is 458. The normalized spacial score (nSPS) is 20.9. The summed E-state index contributed by atoms with van der Waals surface area (Å²) in [5.74, 6) is 0.631. The van der Waals surface area contributed by atoms with Crippen LogP contribution in [-0.2, 0) is 4.79 Å². The lowest BCUT2D eigenvalue weighted by Gasteiger charge is -2.17. The van der Waals surface area contributed by atoms with Gasteiger partial charge in [-0.2, -0.15) is 0 Å². The quantitative estimate of drug-likeness (QED) is 0.832. The van der Waals surface area contributed by atoms with Crippen molar-refractivity contribution < 1.29 is 9.18 Å². The average molecular weight is 295 g/mol. The minimum absolute atomic E-state index is 0.127. The fraction of sp³-hybridized carbons (Fsp3) is 0.562. The van der Waals surface area contributed by atoms with Crippen LogP contribution < -0.4 is 5.32 Å². The van der Waals surface area contributed by atoms with Gasteiger partial charge < -0.3 is 5.32 Å². The minimum atomic E-state index is -0.226. The van der Waals surface area contributed by atoms with Crippen molar-refractivity contribution in [3.05, 3.63) is 30.1 Å². The van der Waals surface area contributed by atoms with Crippen molar-refractivity contribution in [1.82, 2.24) is 5.32 Å². The summed E-state index contributed by atoms with van der Waals surface area (Å²) in [6.45, 7) is 4.51. The summed E-state index contributed by atoms with van der Waals surface area (Å²) in [4.78, 5) is 12.9. The van der Waals surface area contributed by atoms with Crippen LogP contribution in [0.1, 0.15) is 39.5 Å². The van der Waals surface area contributed by atoms with Gasteiger partial charge in [-0.25, -0.2) is 4.39 Å². The van der Waals surface area contributed by atoms with Crippen molar-refractivity contribution >= 4 is 17.7 Å². The van der Waals surface area contributed by atoms with E-state index < -0.39 is 0 Å². The SMILES string of the molecule is CC1(C)CCC(NC(=O)CCSc2ccc(F)cc2)C1. The molecule has 0 aliphatic heterocycles. The number of carbonyl (C=O) groups is 1. The van der Waals surface area contributed by atoms with E-state index in [-0.39, 0.29) is 11.7 Å². The molecule has 1 aromatic rings. The van der Waals surface area contributed by atoms with Crippen LogP contribution in [0, 0.1) is 11.2 Å². The fourth-order valence-electron chi connectivity index (χ4n) is 2.65. The van der Waals surface area contributed by atoms with Gasteiger partial charge in [-0.15, -0.1) is 11.8 Å². The number of hydrogen-bond acceptors (Lipinski definition) is 2. The van der Waals surface area contributed by atoms with Gasteiger partial charge in [0.15, 0.2) is 0 Å². The molecule has 0 heterocycles. The van der Waals surface area contributed by atoms with Gasteiger partial charge >= 0.3 is 0 Å². The van der Waals surface area contributed by atoms with E-state index in [9.17, 15) is 9.18 Å². The van der Waals surface area contributed by atoms with Gasteiger partial charge in [-0.05, 0) is 48.9 Å². The fourth-order valence-corrected chi connectivity index (χ4v) is 3.50. The summed E-state index contributed by atoms with van der Waals surface area (Å²) in [5.41, 5.74) is 0.362. The molecule has 0 aromatic heterocycles. The molecule has 1 saturated carbocycles. The molecule has 1 unspecified atom stereocenters. The van der Waals surface area contributed by atoms with Crippen molar-refractivity contribution in [1.29, 1.82) is 0 Å². The van der Waals surface area contributed by atoms with Crippen LogP contribution in [0.15, 0.2) is 29.2 Å². The average Bonchev–Trinajstić information content (AvgIpc) is 2.71. The van der Waals surface area contributed by atoms with Gasteiger partial charge in [0.1, 0.15) is 5.82 Å². The van der Waals surface area contributed by atoms with Crippen LogP contribution in [-0.4, -0.2) is 17.7 Å². The van der Waals surface area contributed by atoms with E-state index >= 15 is 0 Å². The summed E-state index contributed by atoms with van der Waals surface area (Å²) < 4.78 is 12.8. The first kappa shape index (κ1) is 15.4. The van der Waals surface area contributed by atoms with E-state index in [4.69, 9.17) is 0 Å². The van der Waals surface area contributed by atoms with Crippen molar-refractivity contribution in [3.8, 4) is 0 Å². The van der Waals surface area contributed by atoms with E-state index in [1.807, 2.05) is 0 Å². The predicted molar refractivity (Wildman–Crippen MR) is 81.3 cm³/mol. The number of carbonyl (C=O) groups excluding carboxylic acids is 1. The molecule has 0 bridgehead atoms. The molecule has 0 spiro atoms. The van der Waals surface area contributed by atoms with Gasteiger partial charge in [0.2, 0.25) is 5.91 Å². The number of halogens is 1. The molecule has 0 saturated heterocycles. The Morgan fingerprint density at radius 2 is 2.10 bits per heavy atom. The molecule has 1 aliphatic rings. The number of amides is 1. The van der Waals surface area contributed by atoms with E-state index in [1.165, 1.54) is 18.6 Å². The second kappa shape index (κ2) is 6.61. The highest BCUT2D eigenvalue weighted by atomic mass is 32.2. The Kier molecular flexibility index (Phi) is 5.08. The Labute approximate surface area is 124 Å². The highest BCUT2D eigenvalue weighted by Crippen LogP contribution is 2.36. The maximum atomic E-state index is 12.8. The lowest BCUT2D eigenvalue weighted by molar-refractivity contribution is -0.121. The molecule has 1 aromatic carbocycles. The van der Waals surface area contributed by atoms with E-state index in [1.54, 1.807) is 23.9 Å². The van der Waals surface area contributed by atoms with Crippen LogP contribution in [0.2, 0.25) is 0 Å². The predicted octanol–water partition coefficient (Wildman–Crippen LogP) is 4.00. The number of thioether (sulfide) groups is 1. The molecule has 2 nitrogen and oxygen atoms in total. The van der Waals surface area contributed by atoms with Gasteiger partial charge in [-0.1, -0.05) is 13.8 Å².